The maximum absolute atomic E-state index is 14.1. The van der Waals surface area contributed by atoms with Crippen molar-refractivity contribution in [2.45, 2.75) is 13.1 Å². The van der Waals surface area contributed by atoms with Crippen LogP contribution in [0.5, 0.6) is 5.75 Å². The van der Waals surface area contributed by atoms with Crippen molar-refractivity contribution in [2.75, 3.05) is 7.11 Å². The molecular weight excluding hydrogens is 486 g/mol. The minimum atomic E-state index is -5.29. The summed E-state index contributed by atoms with van der Waals surface area (Å²) >= 11 is 0. The molecule has 0 saturated heterocycles. The van der Waals surface area contributed by atoms with Gasteiger partial charge in [0.2, 0.25) is 5.96 Å². The maximum Gasteiger partial charge on any atom is 0.493 e. The number of amides is 1. The van der Waals surface area contributed by atoms with Crippen molar-refractivity contribution in [3.05, 3.63) is 65.7 Å². The van der Waals surface area contributed by atoms with Crippen LogP contribution in [-0.2, 0) is 9.63 Å². The van der Waals surface area contributed by atoms with Gasteiger partial charge in [0.15, 0.2) is 0 Å². The van der Waals surface area contributed by atoms with Crippen molar-refractivity contribution in [1.29, 1.82) is 5.41 Å². The Hall–Kier alpha value is -4.68. The normalized spacial score (nSPS) is 11.4. The quantitative estimate of drug-likeness (QED) is 0.169. The fourth-order valence-electron chi connectivity index (χ4n) is 3.78. The summed E-state index contributed by atoms with van der Waals surface area (Å²) in [7, 11) is 1.43. The van der Waals surface area contributed by atoms with Crippen molar-refractivity contribution in [1.82, 2.24) is 20.3 Å². The molecule has 0 aliphatic carbocycles. The van der Waals surface area contributed by atoms with Crippen LogP contribution in [0.4, 0.5) is 17.6 Å². The fraction of sp³-hybridized carbons (Fsp3) is 0.130. The smallest absolute Gasteiger partial charge is 0.493 e. The molecule has 0 aliphatic rings. The highest BCUT2D eigenvalue weighted by atomic mass is 19.4. The van der Waals surface area contributed by atoms with E-state index in [1.165, 1.54) is 37.0 Å². The van der Waals surface area contributed by atoms with Gasteiger partial charge in [-0.25, -0.2) is 9.18 Å². The van der Waals surface area contributed by atoms with Crippen LogP contribution in [0.2, 0.25) is 0 Å². The maximum atomic E-state index is 14.1. The standard InChI is InChI=1S/C23H17F4N5O4/c1-11-19(20(33)30-22(28)31-36-21(34)23(25,26)27)15-10-13(35-2)4-6-17(15)32(11)18-7-8-29-16-5-3-12(24)9-14(16)18/h3-10H,1-2H3,(H3,28,30,31,33). The molecule has 3 N–H and O–H groups in total. The number of halogens is 4. The van der Waals surface area contributed by atoms with Crippen molar-refractivity contribution in [3.63, 3.8) is 0 Å². The Bertz CT molecular complexity index is 1530. The number of nitrogens with zero attached hydrogens (tertiary/aromatic N) is 2. The van der Waals surface area contributed by atoms with Crippen LogP contribution in [0.15, 0.2) is 48.7 Å². The number of aromatic nitrogens is 2. The highest BCUT2D eigenvalue weighted by Crippen LogP contribution is 2.34. The summed E-state index contributed by atoms with van der Waals surface area (Å²) in [5.74, 6) is -4.55. The lowest BCUT2D eigenvalue weighted by atomic mass is 10.1. The first-order valence-electron chi connectivity index (χ1n) is 10.2. The number of hydrogen-bond donors (Lipinski definition) is 3. The molecule has 9 nitrogen and oxygen atoms in total. The molecule has 0 bridgehead atoms. The number of guanidine groups is 1. The number of rotatable bonds is 3. The van der Waals surface area contributed by atoms with Gasteiger partial charge in [0.25, 0.3) is 5.91 Å². The van der Waals surface area contributed by atoms with E-state index in [1.807, 2.05) is 5.32 Å². The van der Waals surface area contributed by atoms with E-state index in [4.69, 9.17) is 10.1 Å². The van der Waals surface area contributed by atoms with Gasteiger partial charge >= 0.3 is 12.1 Å². The molecule has 13 heteroatoms. The topological polar surface area (TPSA) is 118 Å². The molecule has 0 aliphatic heterocycles. The van der Waals surface area contributed by atoms with Crippen LogP contribution in [0.3, 0.4) is 0 Å². The minimum absolute atomic E-state index is 0.0546. The Balaban J connectivity index is 1.79. The van der Waals surface area contributed by atoms with Gasteiger partial charge in [-0.1, -0.05) is 0 Å². The number of methoxy groups -OCH3 is 1. The summed E-state index contributed by atoms with van der Waals surface area (Å²) in [6.45, 7) is 1.60. The zero-order chi connectivity index (χ0) is 26.2. The van der Waals surface area contributed by atoms with Crippen LogP contribution in [0.1, 0.15) is 16.1 Å². The Labute approximate surface area is 200 Å². The van der Waals surface area contributed by atoms with Gasteiger partial charge in [-0.15, -0.1) is 0 Å². The number of fused-ring (bicyclic) bond motifs is 2. The van der Waals surface area contributed by atoms with Gasteiger partial charge in [0.1, 0.15) is 11.6 Å². The van der Waals surface area contributed by atoms with Gasteiger partial charge in [0.05, 0.1) is 29.4 Å². The van der Waals surface area contributed by atoms with E-state index in [2.05, 4.69) is 9.82 Å². The summed E-state index contributed by atoms with van der Waals surface area (Å²) in [6.07, 6.45) is -3.76. The molecule has 0 spiro atoms. The molecule has 1 amide bonds. The van der Waals surface area contributed by atoms with Gasteiger partial charge in [-0.05, 0) is 49.4 Å². The summed E-state index contributed by atoms with van der Waals surface area (Å²) in [6, 6.07) is 10.6. The predicted octanol–water partition coefficient (Wildman–Crippen LogP) is 3.91. The first-order chi connectivity index (χ1) is 17.0. The van der Waals surface area contributed by atoms with E-state index >= 15 is 0 Å². The average molecular weight is 503 g/mol. The van der Waals surface area contributed by atoms with Crippen LogP contribution in [0.25, 0.3) is 27.5 Å². The number of benzene rings is 2. The van der Waals surface area contributed by atoms with Crippen molar-refractivity contribution in [2.24, 2.45) is 0 Å². The zero-order valence-electron chi connectivity index (χ0n) is 18.7. The molecule has 0 radical (unpaired) electrons. The Morgan fingerprint density at radius 1 is 1.08 bits per heavy atom. The Morgan fingerprint density at radius 2 is 1.83 bits per heavy atom. The van der Waals surface area contributed by atoms with Crippen LogP contribution in [0, 0.1) is 18.2 Å². The first kappa shape index (κ1) is 24.4. The number of hydroxylamine groups is 1. The number of alkyl halides is 3. The second kappa shape index (κ2) is 9.17. The second-order valence-electron chi connectivity index (χ2n) is 7.49. The third kappa shape index (κ3) is 4.50. The minimum Gasteiger partial charge on any atom is -0.497 e. The van der Waals surface area contributed by atoms with E-state index in [1.54, 1.807) is 35.8 Å². The molecule has 2 aromatic heterocycles. The molecule has 0 saturated carbocycles. The Kier molecular flexibility index (Phi) is 6.23. The van der Waals surface area contributed by atoms with Gasteiger partial charge in [0, 0.05) is 22.7 Å². The first-order valence-corrected chi connectivity index (χ1v) is 10.2. The SMILES string of the molecule is COc1ccc2c(c1)c(C(=O)NC(=N)NOC(=O)C(F)(F)F)c(C)n2-c1ccnc2ccc(F)cc12. The summed E-state index contributed by atoms with van der Waals surface area (Å²) in [4.78, 5) is 32.0. The van der Waals surface area contributed by atoms with Crippen molar-refractivity contribution >= 4 is 39.6 Å². The van der Waals surface area contributed by atoms with E-state index in [0.29, 0.717) is 38.9 Å². The number of nitrogens with one attached hydrogen (secondary N) is 3. The van der Waals surface area contributed by atoms with E-state index < -0.39 is 29.8 Å². The molecule has 0 atom stereocenters. The predicted molar refractivity (Wildman–Crippen MR) is 120 cm³/mol. The monoisotopic (exact) mass is 503 g/mol. The number of pyridine rings is 1. The molecular formula is C23H17F4N5O4. The van der Waals surface area contributed by atoms with Crippen LogP contribution < -0.4 is 15.5 Å². The molecule has 2 heterocycles. The van der Waals surface area contributed by atoms with Gasteiger partial charge in [-0.2, -0.15) is 18.7 Å². The van der Waals surface area contributed by atoms with Crippen molar-refractivity contribution < 1.29 is 36.7 Å². The van der Waals surface area contributed by atoms with E-state index in [0.717, 1.165) is 0 Å². The van der Waals surface area contributed by atoms with Crippen LogP contribution in [-0.4, -0.2) is 40.7 Å². The number of ether oxygens (including phenoxy) is 1. The third-order valence-electron chi connectivity index (χ3n) is 5.28. The van der Waals surface area contributed by atoms with Gasteiger partial charge < -0.3 is 14.1 Å². The fourth-order valence-corrected chi connectivity index (χ4v) is 3.78. The second-order valence-corrected chi connectivity index (χ2v) is 7.49. The molecule has 0 unspecified atom stereocenters. The number of carbonyl (C=O) groups is 2. The Morgan fingerprint density at radius 3 is 2.53 bits per heavy atom. The lowest BCUT2D eigenvalue weighted by Crippen LogP contribution is -2.43. The lowest BCUT2D eigenvalue weighted by molar-refractivity contribution is -0.204. The highest BCUT2D eigenvalue weighted by Gasteiger charge is 2.42. The third-order valence-corrected chi connectivity index (χ3v) is 5.28. The van der Waals surface area contributed by atoms with Gasteiger partial charge in [-0.3, -0.25) is 20.5 Å². The molecule has 36 heavy (non-hydrogen) atoms. The number of carbonyl (C=O) groups excluding carboxylic acids is 2. The van der Waals surface area contributed by atoms with Crippen molar-refractivity contribution in [3.8, 4) is 11.4 Å². The molecule has 2 aromatic carbocycles. The summed E-state index contributed by atoms with van der Waals surface area (Å²) in [5, 5.41) is 10.5. The average Bonchev–Trinajstić information content (AvgIpc) is 3.12. The number of hydrogen-bond acceptors (Lipinski definition) is 6. The lowest BCUT2D eigenvalue weighted by Gasteiger charge is -2.12. The molecule has 186 valence electrons. The molecule has 4 aromatic rings. The van der Waals surface area contributed by atoms with E-state index in [9.17, 15) is 27.2 Å². The summed E-state index contributed by atoms with van der Waals surface area (Å²) in [5.41, 5.74) is 3.42. The van der Waals surface area contributed by atoms with E-state index in [-0.39, 0.29) is 5.56 Å². The van der Waals surface area contributed by atoms with Crippen LogP contribution >= 0.6 is 0 Å². The molecule has 0 fully saturated rings. The largest absolute Gasteiger partial charge is 0.497 e. The molecule has 4 rings (SSSR count). The zero-order valence-corrected chi connectivity index (χ0v) is 18.7. The highest BCUT2D eigenvalue weighted by molar-refractivity contribution is 6.14. The summed E-state index contributed by atoms with van der Waals surface area (Å²) < 4.78 is 57.9.